The Labute approximate surface area is 133 Å². The lowest BCUT2D eigenvalue weighted by molar-refractivity contribution is 0.415. The number of H-pyrrole nitrogens is 1. The van der Waals surface area contributed by atoms with E-state index < -0.39 is 0 Å². The van der Waals surface area contributed by atoms with Crippen LogP contribution in [0.1, 0.15) is 11.1 Å². The highest BCUT2D eigenvalue weighted by Gasteiger charge is 2.09. The van der Waals surface area contributed by atoms with E-state index in [0.717, 1.165) is 22.2 Å². The van der Waals surface area contributed by atoms with Crippen molar-refractivity contribution in [1.29, 1.82) is 0 Å². The number of halogens is 1. The third-order valence-corrected chi connectivity index (χ3v) is 3.68. The maximum atomic E-state index is 10.0. The van der Waals surface area contributed by atoms with E-state index in [4.69, 9.17) is 16.3 Å². The van der Waals surface area contributed by atoms with Crippen molar-refractivity contribution in [2.24, 2.45) is 4.99 Å². The lowest BCUT2D eigenvalue weighted by Gasteiger charge is -1.99. The Morgan fingerprint density at radius 2 is 2.00 bits per heavy atom. The number of aromatic amines is 1. The highest BCUT2D eigenvalue weighted by Crippen LogP contribution is 2.28. The third-order valence-electron chi connectivity index (χ3n) is 3.43. The maximum absolute atomic E-state index is 10.0. The maximum Gasteiger partial charge on any atom is 0.198 e. The molecule has 2 N–H and O–H groups in total. The van der Waals surface area contributed by atoms with E-state index >= 15 is 0 Å². The fraction of sp³-hybridized carbons (Fsp3) is 0.118. The second-order valence-corrected chi connectivity index (χ2v) is 5.33. The van der Waals surface area contributed by atoms with Crippen molar-refractivity contribution in [3.05, 3.63) is 58.6 Å². The fourth-order valence-electron chi connectivity index (χ4n) is 2.27. The molecule has 0 fully saturated rings. The molecule has 2 aromatic carbocycles. The van der Waals surface area contributed by atoms with Crippen LogP contribution >= 0.6 is 11.6 Å². The summed E-state index contributed by atoms with van der Waals surface area (Å²) in [7, 11) is 1.61. The molecule has 0 radical (unpaired) electrons. The molecule has 1 heterocycles. The van der Waals surface area contributed by atoms with Gasteiger partial charge in [-0.1, -0.05) is 23.7 Å². The van der Waals surface area contributed by atoms with Crippen molar-refractivity contribution in [2.45, 2.75) is 6.54 Å². The van der Waals surface area contributed by atoms with Gasteiger partial charge in [-0.2, -0.15) is 0 Å². The van der Waals surface area contributed by atoms with E-state index in [2.05, 4.69) is 9.98 Å². The number of fused-ring (bicyclic) bond motifs is 1. The zero-order valence-electron chi connectivity index (χ0n) is 12.0. The van der Waals surface area contributed by atoms with Gasteiger partial charge < -0.3 is 14.8 Å². The van der Waals surface area contributed by atoms with Crippen LogP contribution in [0.3, 0.4) is 0 Å². The summed E-state index contributed by atoms with van der Waals surface area (Å²) in [6.45, 7) is 0.521. The summed E-state index contributed by atoms with van der Waals surface area (Å²) < 4.78 is 5.22. The van der Waals surface area contributed by atoms with Crippen LogP contribution in [0.5, 0.6) is 11.6 Å². The molecular formula is C17H15ClN2O2. The van der Waals surface area contributed by atoms with E-state index in [1.165, 1.54) is 0 Å². The van der Waals surface area contributed by atoms with Crippen molar-refractivity contribution in [3.8, 4) is 11.6 Å². The monoisotopic (exact) mass is 314 g/mol. The van der Waals surface area contributed by atoms with Gasteiger partial charge in [0.25, 0.3) is 0 Å². The topological polar surface area (TPSA) is 57.6 Å². The Balaban J connectivity index is 1.87. The number of aliphatic imine (C=N–C) groups is 1. The van der Waals surface area contributed by atoms with E-state index in [1.807, 2.05) is 42.5 Å². The van der Waals surface area contributed by atoms with Gasteiger partial charge in [0.2, 0.25) is 0 Å². The van der Waals surface area contributed by atoms with Crippen LogP contribution in [0.2, 0.25) is 5.02 Å². The highest BCUT2D eigenvalue weighted by atomic mass is 35.5. The zero-order valence-corrected chi connectivity index (χ0v) is 12.8. The van der Waals surface area contributed by atoms with Gasteiger partial charge in [-0.15, -0.1) is 0 Å². The molecule has 112 valence electrons. The average molecular weight is 315 g/mol. The van der Waals surface area contributed by atoms with Crippen LogP contribution in [0.4, 0.5) is 0 Å². The molecule has 22 heavy (non-hydrogen) atoms. The van der Waals surface area contributed by atoms with Crippen molar-refractivity contribution in [1.82, 2.24) is 4.98 Å². The number of aromatic hydroxyl groups is 1. The predicted molar refractivity (Wildman–Crippen MR) is 89.3 cm³/mol. The largest absolute Gasteiger partial charge is 0.497 e. The average Bonchev–Trinajstić information content (AvgIpc) is 2.84. The molecule has 3 aromatic rings. The smallest absolute Gasteiger partial charge is 0.198 e. The zero-order chi connectivity index (χ0) is 15.5. The first kappa shape index (κ1) is 14.5. The SMILES string of the molecule is COc1ccc2[nH]c(O)c(C=NCc3ccc(Cl)cc3)c2c1. The van der Waals surface area contributed by atoms with Crippen LogP contribution in [-0.4, -0.2) is 23.4 Å². The predicted octanol–water partition coefficient (Wildman–Crippen LogP) is 4.15. The standard InChI is InChI=1S/C17H15ClN2O2/c1-22-13-6-7-16-14(8-13)15(17(21)20-16)10-19-9-11-2-4-12(18)5-3-11/h2-8,10,20-21H,9H2,1H3. The van der Waals surface area contributed by atoms with Gasteiger partial charge in [0.15, 0.2) is 5.88 Å². The number of hydrogen-bond donors (Lipinski definition) is 2. The molecule has 0 aliphatic rings. The van der Waals surface area contributed by atoms with Gasteiger partial charge in [-0.3, -0.25) is 4.99 Å². The molecule has 0 amide bonds. The van der Waals surface area contributed by atoms with E-state index in [-0.39, 0.29) is 5.88 Å². The summed E-state index contributed by atoms with van der Waals surface area (Å²) >= 11 is 5.85. The van der Waals surface area contributed by atoms with Gasteiger partial charge in [0.05, 0.1) is 19.2 Å². The number of hydrogen-bond acceptors (Lipinski definition) is 3. The lowest BCUT2D eigenvalue weighted by Crippen LogP contribution is -1.85. The molecular weight excluding hydrogens is 300 g/mol. The molecule has 0 spiro atoms. The van der Waals surface area contributed by atoms with Crippen LogP contribution < -0.4 is 4.74 Å². The molecule has 0 saturated carbocycles. The molecule has 3 rings (SSSR count). The Kier molecular flexibility index (Phi) is 4.02. The minimum atomic E-state index is 0.100. The van der Waals surface area contributed by atoms with Crippen molar-refractivity contribution in [2.75, 3.05) is 7.11 Å². The van der Waals surface area contributed by atoms with E-state index in [0.29, 0.717) is 17.1 Å². The summed E-state index contributed by atoms with van der Waals surface area (Å²) in [5.74, 6) is 0.835. The first-order valence-electron chi connectivity index (χ1n) is 6.80. The number of nitrogens with zero attached hydrogens (tertiary/aromatic N) is 1. The molecule has 0 saturated heterocycles. The Hall–Kier alpha value is -2.46. The van der Waals surface area contributed by atoms with Gasteiger partial charge in [-0.25, -0.2) is 0 Å². The number of nitrogens with one attached hydrogen (secondary N) is 1. The first-order chi connectivity index (χ1) is 10.7. The number of benzene rings is 2. The second kappa shape index (κ2) is 6.12. The third kappa shape index (κ3) is 2.92. The first-order valence-corrected chi connectivity index (χ1v) is 7.18. The van der Waals surface area contributed by atoms with Crippen LogP contribution in [0, 0.1) is 0 Å². The molecule has 1 aromatic heterocycles. The van der Waals surface area contributed by atoms with Gasteiger partial charge >= 0.3 is 0 Å². The van der Waals surface area contributed by atoms with Gasteiger partial charge in [0.1, 0.15) is 5.75 Å². The molecule has 0 bridgehead atoms. The van der Waals surface area contributed by atoms with Crippen molar-refractivity contribution >= 4 is 28.7 Å². The summed E-state index contributed by atoms with van der Waals surface area (Å²) in [4.78, 5) is 7.32. The normalized spacial score (nSPS) is 11.4. The van der Waals surface area contributed by atoms with Crippen molar-refractivity contribution < 1.29 is 9.84 Å². The fourth-order valence-corrected chi connectivity index (χ4v) is 2.39. The number of aromatic nitrogens is 1. The molecule has 0 unspecified atom stereocenters. The minimum absolute atomic E-state index is 0.100. The van der Waals surface area contributed by atoms with E-state index in [1.54, 1.807) is 13.3 Å². The Morgan fingerprint density at radius 1 is 1.23 bits per heavy atom. The van der Waals surface area contributed by atoms with Gasteiger partial charge in [0, 0.05) is 22.1 Å². The molecule has 0 aliphatic heterocycles. The van der Waals surface area contributed by atoms with Gasteiger partial charge in [-0.05, 0) is 35.9 Å². The minimum Gasteiger partial charge on any atom is -0.497 e. The highest BCUT2D eigenvalue weighted by molar-refractivity contribution is 6.30. The number of methoxy groups -OCH3 is 1. The summed E-state index contributed by atoms with van der Waals surface area (Å²) in [5.41, 5.74) is 2.55. The summed E-state index contributed by atoms with van der Waals surface area (Å²) in [5, 5.41) is 11.6. The lowest BCUT2D eigenvalue weighted by atomic mass is 10.1. The summed E-state index contributed by atoms with van der Waals surface area (Å²) in [6, 6.07) is 13.1. The summed E-state index contributed by atoms with van der Waals surface area (Å²) in [6.07, 6.45) is 1.67. The molecule has 5 heteroatoms. The Morgan fingerprint density at radius 3 is 2.73 bits per heavy atom. The quantitative estimate of drug-likeness (QED) is 0.711. The van der Waals surface area contributed by atoms with E-state index in [9.17, 15) is 5.11 Å². The van der Waals surface area contributed by atoms with Crippen LogP contribution in [0.25, 0.3) is 10.9 Å². The van der Waals surface area contributed by atoms with Crippen LogP contribution in [0.15, 0.2) is 47.5 Å². The van der Waals surface area contributed by atoms with Crippen LogP contribution in [-0.2, 0) is 6.54 Å². The second-order valence-electron chi connectivity index (χ2n) is 4.90. The molecule has 0 aliphatic carbocycles. The molecule has 4 nitrogen and oxygen atoms in total. The van der Waals surface area contributed by atoms with Crippen molar-refractivity contribution in [3.63, 3.8) is 0 Å². The number of rotatable bonds is 4. The Bertz CT molecular complexity index is 823. The number of ether oxygens (including phenoxy) is 1. The molecule has 0 atom stereocenters.